The van der Waals surface area contributed by atoms with Gasteiger partial charge < -0.3 is 19.7 Å². The van der Waals surface area contributed by atoms with Gasteiger partial charge >= 0.3 is 27.3 Å². The summed E-state index contributed by atoms with van der Waals surface area (Å²) in [5.41, 5.74) is -0.261. The van der Waals surface area contributed by atoms with E-state index >= 15 is 0 Å². The molecule has 2 unspecified atom stereocenters. The number of aromatic hydroxyl groups is 2. The number of fused-ring (bicyclic) bond motifs is 5. The number of halogens is 4. The molecule has 0 saturated carbocycles. The highest BCUT2D eigenvalue weighted by Crippen LogP contribution is 2.54. The molecule has 3 rings (SSSR count). The van der Waals surface area contributed by atoms with Crippen molar-refractivity contribution < 1.29 is 54.7 Å². The van der Waals surface area contributed by atoms with Crippen LogP contribution in [0.25, 0.3) is 0 Å². The van der Waals surface area contributed by atoms with Crippen LogP contribution in [0.1, 0.15) is 55.9 Å². The fraction of sp³-hybridized carbons (Fsp3) is 0.588. The summed E-state index contributed by atoms with van der Waals surface area (Å²) in [6, 6.07) is 0. The van der Waals surface area contributed by atoms with Gasteiger partial charge in [-0.3, -0.25) is 9.08 Å². The van der Waals surface area contributed by atoms with E-state index in [2.05, 4.69) is 9.02 Å². The predicted octanol–water partition coefficient (Wildman–Crippen LogP) is 2.69. The second kappa shape index (κ2) is 7.89. The van der Waals surface area contributed by atoms with E-state index in [9.17, 15) is 41.0 Å². The van der Waals surface area contributed by atoms with Gasteiger partial charge in [0.05, 0.1) is 24.2 Å². The minimum Gasteiger partial charge on any atom is -0.492 e. The van der Waals surface area contributed by atoms with Crippen LogP contribution in [0.15, 0.2) is 12.2 Å². The maximum Gasteiger partial charge on any atom is 0.444 e. The molecule has 1 aromatic heterocycles. The maximum absolute atomic E-state index is 14.2. The third kappa shape index (κ3) is 3.82. The Balaban J connectivity index is 1.74. The number of unbranched alkanes of at least 4 members (excludes halogenated alkanes) is 1. The number of rotatable bonds is 10. The minimum absolute atomic E-state index is 0.0999. The Morgan fingerprint density at radius 2 is 1.71 bits per heavy atom. The van der Waals surface area contributed by atoms with Crippen LogP contribution < -0.4 is 4.28 Å². The molecule has 31 heavy (non-hydrogen) atoms. The van der Waals surface area contributed by atoms with Crippen LogP contribution in [0.4, 0.5) is 17.6 Å². The fourth-order valence-electron chi connectivity index (χ4n) is 3.13. The van der Waals surface area contributed by atoms with Crippen molar-refractivity contribution in [3.05, 3.63) is 23.3 Å². The first-order valence-electron chi connectivity index (χ1n) is 9.20. The second-order valence-corrected chi connectivity index (χ2v) is 8.53. The van der Waals surface area contributed by atoms with E-state index in [4.69, 9.17) is 4.74 Å². The molecule has 0 amide bonds. The molecule has 0 aromatic carbocycles. The number of carbonyl (C=O) groups is 1. The molecule has 2 aliphatic rings. The van der Waals surface area contributed by atoms with Crippen molar-refractivity contribution in [3.8, 4) is 11.8 Å². The third-order valence-electron chi connectivity index (χ3n) is 4.81. The molecule has 2 aliphatic heterocycles. The Hall–Kier alpha value is -2.48. The molecule has 2 N–H and O–H groups in total. The summed E-state index contributed by atoms with van der Waals surface area (Å²) < 4.78 is 93.8. The molecule has 0 radical (unpaired) electrons. The van der Waals surface area contributed by atoms with Crippen molar-refractivity contribution in [1.29, 1.82) is 0 Å². The average molecular weight is 473 g/mol. The minimum atomic E-state index is -6.42. The fourth-order valence-corrected chi connectivity index (χ4v) is 4.03. The molecule has 0 fully saturated rings. The largest absolute Gasteiger partial charge is 0.492 e. The molecule has 2 bridgehead atoms. The highest BCUT2D eigenvalue weighted by atomic mass is 32.2. The molecular weight excluding hydrogens is 454 g/mol. The maximum atomic E-state index is 14.2. The van der Waals surface area contributed by atoms with Crippen LogP contribution in [0.3, 0.4) is 0 Å². The van der Waals surface area contributed by atoms with E-state index in [0.717, 1.165) is 0 Å². The summed E-state index contributed by atoms with van der Waals surface area (Å²) in [7, 11) is -6.42. The summed E-state index contributed by atoms with van der Waals surface area (Å²) in [5, 5.41) is 14.4. The van der Waals surface area contributed by atoms with Gasteiger partial charge in [-0.15, -0.1) is 0 Å². The van der Waals surface area contributed by atoms with Gasteiger partial charge in [0.15, 0.2) is 0 Å². The zero-order chi connectivity index (χ0) is 23.2. The standard InChI is InChI=1S/C17H19F4NO8S/c1-2-3-4-11(23)28-8-7-16(18,19)17(20,21)31(26,27)30-22-14(24)12-9-5-6-10(29-9)13(12)15(22)25/h5-6,9-10,24-25H,2-4,7-8H2,1H3. The molecule has 3 heterocycles. The summed E-state index contributed by atoms with van der Waals surface area (Å²) in [6.45, 7) is 0.609. The van der Waals surface area contributed by atoms with E-state index in [-0.39, 0.29) is 22.3 Å². The van der Waals surface area contributed by atoms with Crippen LogP contribution in [-0.2, 0) is 24.4 Å². The molecule has 14 heteroatoms. The van der Waals surface area contributed by atoms with Gasteiger partial charge in [-0.2, -0.15) is 26.0 Å². The lowest BCUT2D eigenvalue weighted by Crippen LogP contribution is -2.50. The first-order valence-corrected chi connectivity index (χ1v) is 10.6. The van der Waals surface area contributed by atoms with Crippen LogP contribution in [-0.4, -0.2) is 47.1 Å². The van der Waals surface area contributed by atoms with E-state index < -0.39 is 64.3 Å². The summed E-state index contributed by atoms with van der Waals surface area (Å²) >= 11 is 0. The van der Waals surface area contributed by atoms with E-state index in [1.165, 1.54) is 12.2 Å². The van der Waals surface area contributed by atoms with Crippen LogP contribution in [0.2, 0.25) is 0 Å². The highest BCUT2D eigenvalue weighted by Gasteiger charge is 2.68. The molecule has 174 valence electrons. The zero-order valence-electron chi connectivity index (χ0n) is 16.1. The third-order valence-corrected chi connectivity index (χ3v) is 6.08. The van der Waals surface area contributed by atoms with Crippen molar-refractivity contribution in [3.63, 3.8) is 0 Å². The van der Waals surface area contributed by atoms with Gasteiger partial charge in [-0.1, -0.05) is 30.2 Å². The number of ether oxygens (including phenoxy) is 2. The highest BCUT2D eigenvalue weighted by molar-refractivity contribution is 7.88. The number of hydrogen-bond donors (Lipinski definition) is 2. The van der Waals surface area contributed by atoms with Crippen molar-refractivity contribution in [2.24, 2.45) is 0 Å². The normalized spacial score (nSPS) is 20.2. The van der Waals surface area contributed by atoms with Crippen LogP contribution in [0.5, 0.6) is 11.8 Å². The van der Waals surface area contributed by atoms with Crippen molar-refractivity contribution in [2.45, 2.75) is 56.0 Å². The Bertz CT molecular complexity index is 969. The van der Waals surface area contributed by atoms with Gasteiger partial charge in [0, 0.05) is 6.42 Å². The molecule has 1 aromatic rings. The quantitative estimate of drug-likeness (QED) is 0.302. The first-order chi connectivity index (χ1) is 14.3. The van der Waals surface area contributed by atoms with E-state index in [0.29, 0.717) is 12.8 Å². The van der Waals surface area contributed by atoms with Crippen LogP contribution in [0, 0.1) is 0 Å². The lowest BCUT2D eigenvalue weighted by Gasteiger charge is -2.25. The molecule has 2 atom stereocenters. The number of nitrogens with zero attached hydrogens (tertiary/aromatic N) is 1. The lowest BCUT2D eigenvalue weighted by atomic mass is 10.0. The van der Waals surface area contributed by atoms with Crippen LogP contribution >= 0.6 is 0 Å². The van der Waals surface area contributed by atoms with Crippen molar-refractivity contribution in [2.75, 3.05) is 6.61 Å². The Morgan fingerprint density at radius 1 is 1.16 bits per heavy atom. The monoisotopic (exact) mass is 473 g/mol. The molecule has 9 nitrogen and oxygen atoms in total. The summed E-state index contributed by atoms with van der Waals surface area (Å²) in [6.07, 6.45) is 0.255. The van der Waals surface area contributed by atoms with Gasteiger partial charge in [0.2, 0.25) is 11.8 Å². The number of hydrogen-bond acceptors (Lipinski definition) is 8. The van der Waals surface area contributed by atoms with Gasteiger partial charge in [-0.05, 0) is 6.42 Å². The van der Waals surface area contributed by atoms with Gasteiger partial charge in [-0.25, -0.2) is 0 Å². The van der Waals surface area contributed by atoms with Crippen molar-refractivity contribution >= 4 is 16.1 Å². The first kappa shape index (κ1) is 23.2. The number of esters is 1. The van der Waals surface area contributed by atoms with E-state index in [1.807, 2.05) is 0 Å². The Kier molecular flexibility index (Phi) is 5.90. The Morgan fingerprint density at radius 3 is 2.23 bits per heavy atom. The topological polar surface area (TPSA) is 124 Å². The number of alkyl halides is 4. The SMILES string of the molecule is CCCCC(=O)OCCC(F)(F)C(F)(F)S(=O)(=O)On1c(O)c2c(c1O)C1C=CC2O1. The molecule has 0 saturated heterocycles. The number of aromatic nitrogens is 1. The molecule has 0 spiro atoms. The van der Waals surface area contributed by atoms with Gasteiger partial charge in [0.25, 0.3) is 0 Å². The molecular formula is C17H19F4NO8S. The Labute approximate surface area is 173 Å². The predicted molar refractivity (Wildman–Crippen MR) is 94.0 cm³/mol. The van der Waals surface area contributed by atoms with Gasteiger partial charge in [0.1, 0.15) is 12.2 Å². The average Bonchev–Trinajstić information content (AvgIpc) is 3.36. The van der Waals surface area contributed by atoms with E-state index in [1.54, 1.807) is 6.92 Å². The summed E-state index contributed by atoms with van der Waals surface area (Å²) in [5.74, 6) is -8.25. The number of carbonyl (C=O) groups excluding carboxylic acids is 1. The molecule has 0 aliphatic carbocycles. The second-order valence-electron chi connectivity index (χ2n) is 6.96. The lowest BCUT2D eigenvalue weighted by molar-refractivity contribution is -0.175. The zero-order valence-corrected chi connectivity index (χ0v) is 16.9. The smallest absolute Gasteiger partial charge is 0.444 e. The van der Waals surface area contributed by atoms with Crippen molar-refractivity contribution in [1.82, 2.24) is 4.73 Å². The summed E-state index contributed by atoms with van der Waals surface area (Å²) in [4.78, 5) is 11.3.